The molecule has 126 valence electrons. The Balaban J connectivity index is 1.56. The molecule has 2 aliphatic rings. The molecule has 0 aliphatic carbocycles. The number of nitrogens with zero attached hydrogens (tertiary/aromatic N) is 4. The Morgan fingerprint density at radius 1 is 1.42 bits per heavy atom. The van der Waals surface area contributed by atoms with Crippen LogP contribution < -0.4 is 4.74 Å². The number of fused-ring (bicyclic) bond motifs is 3. The molecule has 0 saturated carbocycles. The topological polar surface area (TPSA) is 69.5 Å². The highest BCUT2D eigenvalue weighted by Crippen LogP contribution is 2.31. The van der Waals surface area contributed by atoms with Gasteiger partial charge in [-0.1, -0.05) is 5.21 Å². The van der Waals surface area contributed by atoms with Crippen LogP contribution in [0, 0.1) is 6.92 Å². The summed E-state index contributed by atoms with van der Waals surface area (Å²) in [5.74, 6) is 0.824. The average Bonchev–Trinajstić information content (AvgIpc) is 3.09. The summed E-state index contributed by atoms with van der Waals surface area (Å²) in [5.41, 5.74) is 2.60. The van der Waals surface area contributed by atoms with Crippen LogP contribution in [0.2, 0.25) is 0 Å². The molecule has 2 atom stereocenters. The number of aromatic nitrogens is 3. The Morgan fingerprint density at radius 2 is 2.29 bits per heavy atom. The first kappa shape index (κ1) is 15.1. The number of carbonyl (C=O) groups excluding carboxylic acids is 1. The van der Waals surface area contributed by atoms with Gasteiger partial charge in [0.25, 0.3) is 5.91 Å². The molecule has 0 bridgehead atoms. The van der Waals surface area contributed by atoms with E-state index < -0.39 is 0 Å². The van der Waals surface area contributed by atoms with Gasteiger partial charge in [0.05, 0.1) is 37.8 Å². The zero-order valence-electron chi connectivity index (χ0n) is 13.8. The summed E-state index contributed by atoms with van der Waals surface area (Å²) in [6.45, 7) is 3.76. The Kier molecular flexibility index (Phi) is 3.72. The minimum absolute atomic E-state index is 0.0337. The van der Waals surface area contributed by atoms with Crippen LogP contribution in [-0.4, -0.2) is 52.1 Å². The molecule has 2 aromatic rings. The van der Waals surface area contributed by atoms with Gasteiger partial charge < -0.3 is 14.4 Å². The largest absolute Gasteiger partial charge is 0.496 e. The molecule has 7 nitrogen and oxygen atoms in total. The molecule has 1 fully saturated rings. The SMILES string of the molecule is COc1ccc(C(=O)N2CC[C@H]3OCc4cnnn4[C@@H]3C2)cc1C. The Bertz CT molecular complexity index is 773. The summed E-state index contributed by atoms with van der Waals surface area (Å²) in [4.78, 5) is 14.8. The van der Waals surface area contributed by atoms with Crippen molar-refractivity contribution in [2.75, 3.05) is 20.2 Å². The molecular formula is C17H20N4O3. The summed E-state index contributed by atoms with van der Waals surface area (Å²) < 4.78 is 13.1. The van der Waals surface area contributed by atoms with Gasteiger partial charge in [0, 0.05) is 18.7 Å². The first-order valence-electron chi connectivity index (χ1n) is 8.12. The van der Waals surface area contributed by atoms with Crippen LogP contribution in [0.4, 0.5) is 0 Å². The zero-order chi connectivity index (χ0) is 16.7. The number of hydrogen-bond acceptors (Lipinski definition) is 5. The third kappa shape index (κ3) is 2.45. The molecule has 0 spiro atoms. The van der Waals surface area contributed by atoms with Crippen LogP contribution in [0.5, 0.6) is 5.75 Å². The van der Waals surface area contributed by atoms with Crippen molar-refractivity contribution in [3.8, 4) is 5.75 Å². The molecule has 0 N–H and O–H groups in total. The van der Waals surface area contributed by atoms with Crippen LogP contribution in [0.15, 0.2) is 24.4 Å². The molecule has 3 heterocycles. The molecule has 0 unspecified atom stereocenters. The minimum Gasteiger partial charge on any atom is -0.496 e. The molecular weight excluding hydrogens is 308 g/mol. The van der Waals surface area contributed by atoms with Crippen LogP contribution in [0.1, 0.15) is 34.1 Å². The van der Waals surface area contributed by atoms with E-state index in [1.807, 2.05) is 34.7 Å². The van der Waals surface area contributed by atoms with Crippen molar-refractivity contribution in [1.29, 1.82) is 0 Å². The number of methoxy groups -OCH3 is 1. The Hall–Kier alpha value is -2.41. The molecule has 1 saturated heterocycles. The molecule has 7 heteroatoms. The van der Waals surface area contributed by atoms with Crippen molar-refractivity contribution in [3.05, 3.63) is 41.2 Å². The third-order valence-electron chi connectivity index (χ3n) is 4.86. The predicted molar refractivity (Wildman–Crippen MR) is 85.9 cm³/mol. The summed E-state index contributed by atoms with van der Waals surface area (Å²) in [5, 5.41) is 8.15. The van der Waals surface area contributed by atoms with Gasteiger partial charge in [0.2, 0.25) is 0 Å². The van der Waals surface area contributed by atoms with E-state index in [4.69, 9.17) is 9.47 Å². The van der Waals surface area contributed by atoms with Gasteiger partial charge in [0.15, 0.2) is 0 Å². The van der Waals surface area contributed by atoms with Gasteiger partial charge in [-0.3, -0.25) is 4.79 Å². The van der Waals surface area contributed by atoms with Crippen molar-refractivity contribution in [3.63, 3.8) is 0 Å². The lowest BCUT2D eigenvalue weighted by Gasteiger charge is -2.41. The minimum atomic E-state index is 0.0337. The number of aryl methyl sites for hydroxylation is 1. The van der Waals surface area contributed by atoms with E-state index >= 15 is 0 Å². The van der Waals surface area contributed by atoms with Crippen molar-refractivity contribution in [2.24, 2.45) is 0 Å². The summed E-state index contributed by atoms with van der Waals surface area (Å²) >= 11 is 0. The highest BCUT2D eigenvalue weighted by molar-refractivity contribution is 5.94. The zero-order valence-corrected chi connectivity index (χ0v) is 13.8. The fourth-order valence-electron chi connectivity index (χ4n) is 3.56. The lowest BCUT2D eigenvalue weighted by Crippen LogP contribution is -2.49. The summed E-state index contributed by atoms with van der Waals surface area (Å²) in [6, 6.07) is 5.58. The number of carbonyl (C=O) groups is 1. The maximum absolute atomic E-state index is 12.9. The average molecular weight is 328 g/mol. The van der Waals surface area contributed by atoms with Gasteiger partial charge in [0.1, 0.15) is 5.75 Å². The molecule has 2 aliphatic heterocycles. The number of amides is 1. The molecule has 4 rings (SSSR count). The van der Waals surface area contributed by atoms with Gasteiger partial charge >= 0.3 is 0 Å². The molecule has 1 aromatic heterocycles. The molecule has 0 radical (unpaired) electrons. The number of rotatable bonds is 2. The first-order valence-corrected chi connectivity index (χ1v) is 8.12. The van der Waals surface area contributed by atoms with Crippen molar-refractivity contribution in [2.45, 2.75) is 32.1 Å². The Labute approximate surface area is 140 Å². The van der Waals surface area contributed by atoms with E-state index in [2.05, 4.69) is 10.3 Å². The monoisotopic (exact) mass is 328 g/mol. The van der Waals surface area contributed by atoms with E-state index in [9.17, 15) is 4.79 Å². The quantitative estimate of drug-likeness (QED) is 0.837. The van der Waals surface area contributed by atoms with Crippen LogP contribution in [-0.2, 0) is 11.3 Å². The van der Waals surface area contributed by atoms with Gasteiger partial charge in [-0.2, -0.15) is 0 Å². The Morgan fingerprint density at radius 3 is 3.08 bits per heavy atom. The molecule has 1 aromatic carbocycles. The highest BCUT2D eigenvalue weighted by atomic mass is 16.5. The van der Waals surface area contributed by atoms with E-state index in [1.54, 1.807) is 13.3 Å². The molecule has 1 amide bonds. The van der Waals surface area contributed by atoms with Gasteiger partial charge in [-0.15, -0.1) is 5.10 Å². The lowest BCUT2D eigenvalue weighted by atomic mass is 9.99. The van der Waals surface area contributed by atoms with Gasteiger partial charge in [-0.05, 0) is 37.1 Å². The second kappa shape index (κ2) is 5.90. The van der Waals surface area contributed by atoms with Crippen LogP contribution in [0.3, 0.4) is 0 Å². The molecule has 24 heavy (non-hydrogen) atoms. The second-order valence-electron chi connectivity index (χ2n) is 6.31. The normalized spacial score (nSPS) is 22.7. The summed E-state index contributed by atoms with van der Waals surface area (Å²) in [6.07, 6.45) is 2.63. The van der Waals surface area contributed by atoms with Gasteiger partial charge in [-0.25, -0.2) is 4.68 Å². The van der Waals surface area contributed by atoms with E-state index in [0.717, 1.165) is 23.4 Å². The first-order chi connectivity index (χ1) is 11.7. The highest BCUT2D eigenvalue weighted by Gasteiger charge is 2.38. The van der Waals surface area contributed by atoms with Crippen molar-refractivity contribution >= 4 is 5.91 Å². The van der Waals surface area contributed by atoms with Crippen LogP contribution >= 0.6 is 0 Å². The fourth-order valence-corrected chi connectivity index (χ4v) is 3.56. The number of benzene rings is 1. The van der Waals surface area contributed by atoms with E-state index in [0.29, 0.717) is 25.3 Å². The smallest absolute Gasteiger partial charge is 0.253 e. The van der Waals surface area contributed by atoms with Crippen molar-refractivity contribution < 1.29 is 14.3 Å². The fraction of sp³-hybridized carbons (Fsp3) is 0.471. The van der Waals surface area contributed by atoms with Crippen molar-refractivity contribution in [1.82, 2.24) is 19.9 Å². The number of piperidine rings is 1. The predicted octanol–water partition coefficient (Wildman–Crippen LogP) is 1.58. The lowest BCUT2D eigenvalue weighted by molar-refractivity contribution is -0.0605. The van der Waals surface area contributed by atoms with E-state index in [1.165, 1.54) is 0 Å². The standard InChI is InChI=1S/C17H20N4O3/c1-11-7-12(3-4-15(11)23-2)17(22)20-6-5-16-14(9-20)21-13(10-24-16)8-18-19-21/h3-4,7-8,14,16H,5-6,9-10H2,1-2H3/t14-,16-/m1/s1. The maximum Gasteiger partial charge on any atom is 0.253 e. The number of ether oxygens (including phenoxy) is 2. The second-order valence-corrected chi connectivity index (χ2v) is 6.31. The van der Waals surface area contributed by atoms with E-state index in [-0.39, 0.29) is 18.1 Å². The third-order valence-corrected chi connectivity index (χ3v) is 4.86. The van der Waals surface area contributed by atoms with Crippen LogP contribution in [0.25, 0.3) is 0 Å². The maximum atomic E-state index is 12.9. The summed E-state index contributed by atoms with van der Waals surface area (Å²) in [7, 11) is 1.63. The number of likely N-dealkylation sites (tertiary alicyclic amines) is 1. The number of hydrogen-bond donors (Lipinski definition) is 0.